The van der Waals surface area contributed by atoms with E-state index in [0.29, 0.717) is 11.5 Å². The Balaban J connectivity index is 2.31. The van der Waals surface area contributed by atoms with Crippen molar-refractivity contribution < 1.29 is 9.53 Å². The molecule has 2 aromatic rings. The van der Waals surface area contributed by atoms with E-state index < -0.39 is 0 Å². The molecule has 1 heterocycles. The number of rotatable bonds is 3. The number of hydrogen-bond acceptors (Lipinski definition) is 6. The fourth-order valence-corrected chi connectivity index (χ4v) is 1.44. The third-order valence-corrected chi connectivity index (χ3v) is 2.29. The third kappa shape index (κ3) is 2.41. The van der Waals surface area contributed by atoms with Gasteiger partial charge >= 0.3 is 5.97 Å². The van der Waals surface area contributed by atoms with Gasteiger partial charge in [-0.2, -0.15) is 0 Å². The van der Waals surface area contributed by atoms with Crippen LogP contribution in [0.3, 0.4) is 0 Å². The minimum absolute atomic E-state index is 0.0625. The number of carbonyl (C=O) groups excluding carboxylic acids is 1. The molecule has 6 nitrogen and oxygen atoms in total. The number of nitrogens with two attached hydrogens (primary N) is 1. The molecule has 0 aliphatic carbocycles. The number of benzene rings is 1. The number of carbonyl (C=O) groups is 1. The lowest BCUT2D eigenvalue weighted by Gasteiger charge is -2.07. The van der Waals surface area contributed by atoms with E-state index in [1.54, 1.807) is 12.1 Å². The van der Waals surface area contributed by atoms with E-state index >= 15 is 0 Å². The van der Waals surface area contributed by atoms with Gasteiger partial charge in [0.05, 0.1) is 12.6 Å². The van der Waals surface area contributed by atoms with Crippen molar-refractivity contribution in [2.24, 2.45) is 0 Å². The Morgan fingerprint density at radius 2 is 2.29 bits per heavy atom. The van der Waals surface area contributed by atoms with Crippen LogP contribution in [0.25, 0.3) is 10.9 Å². The van der Waals surface area contributed by atoms with Crippen LogP contribution in [0.2, 0.25) is 0 Å². The largest absolute Gasteiger partial charge is 0.468 e. The minimum Gasteiger partial charge on any atom is -0.468 e. The number of nitrogens with zero attached hydrogens (tertiary/aromatic N) is 2. The van der Waals surface area contributed by atoms with E-state index in [4.69, 9.17) is 5.73 Å². The van der Waals surface area contributed by atoms with Crippen LogP contribution in [0, 0.1) is 0 Å². The molecule has 0 unspecified atom stereocenters. The van der Waals surface area contributed by atoms with Gasteiger partial charge in [-0.25, -0.2) is 9.97 Å². The van der Waals surface area contributed by atoms with E-state index in [2.05, 4.69) is 20.0 Å². The number of nitrogen functional groups attached to an aromatic ring is 1. The predicted molar refractivity (Wildman–Crippen MR) is 64.5 cm³/mol. The summed E-state index contributed by atoms with van der Waals surface area (Å²) in [5, 5.41) is 3.70. The zero-order chi connectivity index (χ0) is 12.3. The van der Waals surface area contributed by atoms with Crippen molar-refractivity contribution in [3.63, 3.8) is 0 Å². The Labute approximate surface area is 97.8 Å². The van der Waals surface area contributed by atoms with Gasteiger partial charge in [0.15, 0.2) is 0 Å². The average Bonchev–Trinajstić information content (AvgIpc) is 2.35. The highest BCUT2D eigenvalue weighted by molar-refractivity contribution is 5.91. The van der Waals surface area contributed by atoms with Gasteiger partial charge in [-0.05, 0) is 18.2 Å². The average molecular weight is 232 g/mol. The Hall–Kier alpha value is -2.37. The Morgan fingerprint density at radius 1 is 1.47 bits per heavy atom. The number of hydrogen-bond donors (Lipinski definition) is 2. The highest BCUT2D eigenvalue weighted by Crippen LogP contribution is 2.20. The maximum absolute atomic E-state index is 11.0. The fraction of sp³-hybridized carbons (Fsp3) is 0.182. The summed E-state index contributed by atoms with van der Waals surface area (Å²) in [4.78, 5) is 19.2. The van der Waals surface area contributed by atoms with Crippen LogP contribution in [0.4, 0.5) is 11.5 Å². The van der Waals surface area contributed by atoms with Gasteiger partial charge in [-0.1, -0.05) is 0 Å². The molecule has 0 aliphatic heterocycles. The van der Waals surface area contributed by atoms with Gasteiger partial charge in [0.1, 0.15) is 18.7 Å². The van der Waals surface area contributed by atoms with Gasteiger partial charge in [-0.3, -0.25) is 4.79 Å². The van der Waals surface area contributed by atoms with E-state index in [9.17, 15) is 4.79 Å². The molecule has 0 amide bonds. The summed E-state index contributed by atoms with van der Waals surface area (Å²) in [5.41, 5.74) is 7.03. The number of nitrogens with one attached hydrogen (secondary N) is 1. The lowest BCUT2D eigenvalue weighted by Crippen LogP contribution is -2.15. The monoisotopic (exact) mass is 232 g/mol. The summed E-state index contributed by atoms with van der Waals surface area (Å²) in [6.07, 6.45) is 1.42. The summed E-state index contributed by atoms with van der Waals surface area (Å²) < 4.78 is 4.54. The SMILES string of the molecule is COC(=O)CNc1ncnc2cc(N)ccc12. The first kappa shape index (κ1) is 11.1. The van der Waals surface area contributed by atoms with E-state index in [1.165, 1.54) is 13.4 Å². The number of esters is 1. The van der Waals surface area contributed by atoms with E-state index in [-0.39, 0.29) is 12.5 Å². The van der Waals surface area contributed by atoms with Gasteiger partial charge in [-0.15, -0.1) is 0 Å². The van der Waals surface area contributed by atoms with Crippen LogP contribution in [-0.4, -0.2) is 29.6 Å². The number of ether oxygens (including phenoxy) is 1. The maximum Gasteiger partial charge on any atom is 0.325 e. The topological polar surface area (TPSA) is 90.1 Å². The van der Waals surface area contributed by atoms with Crippen LogP contribution in [0.15, 0.2) is 24.5 Å². The molecule has 0 saturated heterocycles. The molecule has 0 saturated carbocycles. The summed E-state index contributed by atoms with van der Waals surface area (Å²) >= 11 is 0. The second kappa shape index (κ2) is 4.65. The first-order valence-electron chi connectivity index (χ1n) is 5.01. The van der Waals surface area contributed by atoms with Gasteiger partial charge in [0, 0.05) is 11.1 Å². The second-order valence-corrected chi connectivity index (χ2v) is 3.43. The van der Waals surface area contributed by atoms with Crippen LogP contribution in [-0.2, 0) is 9.53 Å². The molecular formula is C11H12N4O2. The fourth-order valence-electron chi connectivity index (χ4n) is 1.44. The summed E-state index contributed by atoms with van der Waals surface area (Å²) in [5.74, 6) is 0.229. The molecule has 6 heteroatoms. The molecule has 0 spiro atoms. The summed E-state index contributed by atoms with van der Waals surface area (Å²) in [6.45, 7) is 0.0625. The Morgan fingerprint density at radius 3 is 3.06 bits per heavy atom. The number of aromatic nitrogens is 2. The van der Waals surface area contributed by atoms with Crippen molar-refractivity contribution in [2.45, 2.75) is 0 Å². The minimum atomic E-state index is -0.354. The molecule has 0 fully saturated rings. The highest BCUT2D eigenvalue weighted by atomic mass is 16.5. The summed E-state index contributed by atoms with van der Waals surface area (Å²) in [6, 6.07) is 5.32. The third-order valence-electron chi connectivity index (χ3n) is 2.29. The van der Waals surface area contributed by atoms with Crippen molar-refractivity contribution in [1.29, 1.82) is 0 Å². The van der Waals surface area contributed by atoms with Crippen LogP contribution < -0.4 is 11.1 Å². The van der Waals surface area contributed by atoms with Gasteiger partial charge in [0.2, 0.25) is 0 Å². The van der Waals surface area contributed by atoms with Gasteiger partial charge in [0.25, 0.3) is 0 Å². The molecule has 2 rings (SSSR count). The van der Waals surface area contributed by atoms with Crippen molar-refractivity contribution in [2.75, 3.05) is 24.7 Å². The molecule has 0 aliphatic rings. The quantitative estimate of drug-likeness (QED) is 0.600. The molecule has 3 N–H and O–H groups in total. The first-order chi connectivity index (χ1) is 8.20. The molecule has 0 atom stereocenters. The number of anilines is 2. The van der Waals surface area contributed by atoms with Crippen molar-refractivity contribution in [3.8, 4) is 0 Å². The maximum atomic E-state index is 11.0. The Bertz CT molecular complexity index is 556. The van der Waals surface area contributed by atoms with Crippen LogP contribution >= 0.6 is 0 Å². The molecule has 17 heavy (non-hydrogen) atoms. The number of fused-ring (bicyclic) bond motifs is 1. The molecule has 0 radical (unpaired) electrons. The second-order valence-electron chi connectivity index (χ2n) is 3.43. The first-order valence-corrected chi connectivity index (χ1v) is 5.01. The zero-order valence-electron chi connectivity index (χ0n) is 9.30. The van der Waals surface area contributed by atoms with Crippen LogP contribution in [0.1, 0.15) is 0 Å². The smallest absolute Gasteiger partial charge is 0.325 e. The van der Waals surface area contributed by atoms with Crippen molar-refractivity contribution in [1.82, 2.24) is 9.97 Å². The standard InChI is InChI=1S/C11H12N4O2/c1-17-10(16)5-13-11-8-3-2-7(12)4-9(8)14-6-15-11/h2-4,6H,5,12H2,1H3,(H,13,14,15). The zero-order valence-corrected chi connectivity index (χ0v) is 9.30. The molecular weight excluding hydrogens is 220 g/mol. The Kier molecular flexibility index (Phi) is 3.04. The lowest BCUT2D eigenvalue weighted by molar-refractivity contribution is -0.138. The van der Waals surface area contributed by atoms with E-state index in [0.717, 1.165) is 10.9 Å². The van der Waals surface area contributed by atoms with Gasteiger partial charge < -0.3 is 15.8 Å². The normalized spacial score (nSPS) is 10.2. The lowest BCUT2D eigenvalue weighted by atomic mass is 10.2. The molecule has 1 aromatic carbocycles. The summed E-state index contributed by atoms with van der Waals surface area (Å²) in [7, 11) is 1.34. The predicted octanol–water partition coefficient (Wildman–Crippen LogP) is 0.797. The number of methoxy groups -OCH3 is 1. The molecule has 0 bridgehead atoms. The molecule has 88 valence electrons. The van der Waals surface area contributed by atoms with Crippen molar-refractivity contribution in [3.05, 3.63) is 24.5 Å². The van der Waals surface area contributed by atoms with E-state index in [1.807, 2.05) is 6.07 Å². The molecule has 1 aromatic heterocycles. The highest BCUT2D eigenvalue weighted by Gasteiger charge is 2.05. The van der Waals surface area contributed by atoms with Crippen molar-refractivity contribution >= 4 is 28.4 Å². The van der Waals surface area contributed by atoms with Crippen LogP contribution in [0.5, 0.6) is 0 Å².